The number of hydrogen-bond donors (Lipinski definition) is 0. The molecule has 0 saturated heterocycles. The average Bonchev–Trinajstić information content (AvgIpc) is 2.47. The highest BCUT2D eigenvalue weighted by Crippen LogP contribution is 2.24. The summed E-state index contributed by atoms with van der Waals surface area (Å²) in [6, 6.07) is 13.3. The Morgan fingerprint density at radius 2 is 1.50 bits per heavy atom. The van der Waals surface area contributed by atoms with Gasteiger partial charge in [-0.2, -0.15) is 0 Å². The topological polar surface area (TPSA) is 43.4 Å². The molecule has 0 unspecified atom stereocenters. The highest BCUT2D eigenvalue weighted by molar-refractivity contribution is 6.30. The monoisotopic (exact) mass is 284 g/mol. The van der Waals surface area contributed by atoms with Crippen molar-refractivity contribution in [3.63, 3.8) is 0 Å². The summed E-state index contributed by atoms with van der Waals surface area (Å²) in [4.78, 5) is 24.2. The number of rotatable bonds is 2. The quantitative estimate of drug-likeness (QED) is 0.845. The summed E-state index contributed by atoms with van der Waals surface area (Å²) in [6.45, 7) is 0. The lowest BCUT2D eigenvalue weighted by Gasteiger charge is -2.15. The molecule has 0 bridgehead atoms. The van der Waals surface area contributed by atoms with Gasteiger partial charge in [0.15, 0.2) is 11.5 Å². The van der Waals surface area contributed by atoms with E-state index in [4.69, 9.17) is 16.3 Å². The Bertz CT molecular complexity index is 730. The minimum atomic E-state index is -0.296. The van der Waals surface area contributed by atoms with Crippen LogP contribution in [0.5, 0.6) is 5.75 Å². The first kappa shape index (κ1) is 12.6. The third kappa shape index (κ3) is 2.24. The Morgan fingerprint density at radius 1 is 0.850 bits per heavy atom. The van der Waals surface area contributed by atoms with E-state index < -0.39 is 0 Å². The largest absolute Gasteiger partial charge is 0.453 e. The van der Waals surface area contributed by atoms with Crippen molar-refractivity contribution in [3.8, 4) is 5.75 Å². The third-order valence-electron chi connectivity index (χ3n) is 2.96. The zero-order valence-corrected chi connectivity index (χ0v) is 11.1. The number of carbonyl (C=O) groups is 2. The number of hydrogen-bond acceptors (Lipinski definition) is 3. The number of Topliss-reactive ketones (excluding diaryl/α,β-unsaturated/α-hetero) is 1. The number of ketones is 2. The van der Waals surface area contributed by atoms with Crippen LogP contribution in [0.3, 0.4) is 0 Å². The van der Waals surface area contributed by atoms with Crippen LogP contribution >= 0.6 is 11.6 Å². The summed E-state index contributed by atoms with van der Waals surface area (Å²) < 4.78 is 5.48. The number of benzene rings is 2. The first-order valence-corrected chi connectivity index (χ1v) is 6.36. The fourth-order valence-electron chi connectivity index (χ4n) is 2.00. The molecular formula is C16H9ClO3. The van der Waals surface area contributed by atoms with Crippen molar-refractivity contribution in [2.45, 2.75) is 0 Å². The van der Waals surface area contributed by atoms with Crippen LogP contribution in [0.25, 0.3) is 0 Å². The summed E-state index contributed by atoms with van der Waals surface area (Å²) >= 11 is 5.78. The summed E-state index contributed by atoms with van der Waals surface area (Å²) in [7, 11) is 0. The van der Waals surface area contributed by atoms with E-state index in [9.17, 15) is 9.59 Å². The molecule has 1 aliphatic rings. The standard InChI is InChI=1S/C16H9ClO3/c17-10-5-7-11(8-6-10)20-15-9-14(18)12-3-1-2-4-13(12)16(15)19/h1-9H. The summed E-state index contributed by atoms with van der Waals surface area (Å²) in [5.41, 5.74) is 0.768. The predicted octanol–water partition coefficient (Wildman–Crippen LogP) is 3.68. The Hall–Kier alpha value is -2.39. The van der Waals surface area contributed by atoms with Crippen molar-refractivity contribution in [1.29, 1.82) is 0 Å². The van der Waals surface area contributed by atoms with Gasteiger partial charge in [-0.1, -0.05) is 35.9 Å². The normalized spacial score (nSPS) is 13.8. The van der Waals surface area contributed by atoms with E-state index in [1.54, 1.807) is 48.5 Å². The van der Waals surface area contributed by atoms with Gasteiger partial charge in [0.2, 0.25) is 5.78 Å². The van der Waals surface area contributed by atoms with Crippen molar-refractivity contribution >= 4 is 23.2 Å². The predicted molar refractivity (Wildman–Crippen MR) is 75.3 cm³/mol. The average molecular weight is 285 g/mol. The van der Waals surface area contributed by atoms with Gasteiger partial charge in [-0.3, -0.25) is 9.59 Å². The molecule has 0 atom stereocenters. The molecule has 0 saturated carbocycles. The summed E-state index contributed by atoms with van der Waals surface area (Å²) in [5, 5.41) is 0.572. The maximum Gasteiger partial charge on any atom is 0.229 e. The first-order chi connectivity index (χ1) is 9.65. The van der Waals surface area contributed by atoms with Crippen molar-refractivity contribution < 1.29 is 14.3 Å². The van der Waals surface area contributed by atoms with Crippen LogP contribution in [0.1, 0.15) is 20.7 Å². The first-order valence-electron chi connectivity index (χ1n) is 5.98. The van der Waals surface area contributed by atoms with Crippen molar-refractivity contribution in [2.24, 2.45) is 0 Å². The molecule has 0 aromatic heterocycles. The Balaban J connectivity index is 1.94. The summed E-state index contributed by atoms with van der Waals surface area (Å²) in [5.74, 6) is -0.0449. The van der Waals surface area contributed by atoms with E-state index in [1.165, 1.54) is 6.08 Å². The molecule has 98 valence electrons. The highest BCUT2D eigenvalue weighted by atomic mass is 35.5. The fraction of sp³-hybridized carbons (Fsp3) is 0. The van der Waals surface area contributed by atoms with Crippen LogP contribution in [-0.4, -0.2) is 11.6 Å². The lowest BCUT2D eigenvalue weighted by Crippen LogP contribution is -2.20. The van der Waals surface area contributed by atoms with E-state index in [2.05, 4.69) is 0 Å². The van der Waals surface area contributed by atoms with Gasteiger partial charge in [-0.25, -0.2) is 0 Å². The third-order valence-corrected chi connectivity index (χ3v) is 3.22. The molecule has 3 nitrogen and oxygen atoms in total. The van der Waals surface area contributed by atoms with Crippen LogP contribution in [0, 0.1) is 0 Å². The van der Waals surface area contributed by atoms with Crippen LogP contribution in [0.15, 0.2) is 60.4 Å². The molecule has 0 spiro atoms. The van der Waals surface area contributed by atoms with Gasteiger partial charge < -0.3 is 4.74 Å². The van der Waals surface area contributed by atoms with E-state index in [1.807, 2.05) is 0 Å². The van der Waals surface area contributed by atoms with E-state index in [0.29, 0.717) is 21.9 Å². The van der Waals surface area contributed by atoms with Crippen LogP contribution in [0.4, 0.5) is 0 Å². The molecule has 3 rings (SSSR count). The second kappa shape index (κ2) is 4.94. The molecule has 20 heavy (non-hydrogen) atoms. The number of carbonyl (C=O) groups excluding carboxylic acids is 2. The van der Waals surface area contributed by atoms with E-state index in [0.717, 1.165) is 0 Å². The molecular weight excluding hydrogens is 276 g/mol. The van der Waals surface area contributed by atoms with Gasteiger partial charge in [0.25, 0.3) is 0 Å². The van der Waals surface area contributed by atoms with Gasteiger partial charge >= 0.3 is 0 Å². The molecule has 0 amide bonds. The summed E-state index contributed by atoms with van der Waals surface area (Å²) in [6.07, 6.45) is 1.22. The molecule has 2 aromatic rings. The molecule has 0 aliphatic heterocycles. The number of allylic oxidation sites excluding steroid dienone is 2. The van der Waals surface area contributed by atoms with Gasteiger partial charge in [-0.15, -0.1) is 0 Å². The van der Waals surface area contributed by atoms with E-state index in [-0.39, 0.29) is 17.3 Å². The fourth-order valence-corrected chi connectivity index (χ4v) is 2.12. The van der Waals surface area contributed by atoms with Gasteiger partial charge in [0.05, 0.1) is 0 Å². The van der Waals surface area contributed by atoms with Gasteiger partial charge in [-0.05, 0) is 24.3 Å². The highest BCUT2D eigenvalue weighted by Gasteiger charge is 2.26. The lowest BCUT2D eigenvalue weighted by molar-refractivity contribution is 0.0947. The second-order valence-electron chi connectivity index (χ2n) is 4.30. The maximum absolute atomic E-state index is 12.3. The zero-order valence-electron chi connectivity index (χ0n) is 10.3. The maximum atomic E-state index is 12.3. The Morgan fingerprint density at radius 3 is 2.20 bits per heavy atom. The van der Waals surface area contributed by atoms with Crippen LogP contribution in [0.2, 0.25) is 5.02 Å². The van der Waals surface area contributed by atoms with Crippen molar-refractivity contribution in [1.82, 2.24) is 0 Å². The molecule has 0 N–H and O–H groups in total. The number of halogens is 1. The Labute approximate surface area is 120 Å². The smallest absolute Gasteiger partial charge is 0.229 e. The molecule has 1 aliphatic carbocycles. The van der Waals surface area contributed by atoms with Crippen LogP contribution < -0.4 is 4.74 Å². The van der Waals surface area contributed by atoms with Crippen molar-refractivity contribution in [3.05, 3.63) is 76.5 Å². The molecule has 0 fully saturated rings. The van der Waals surface area contributed by atoms with Gasteiger partial charge in [0, 0.05) is 22.2 Å². The molecule has 2 aromatic carbocycles. The number of ether oxygens (including phenoxy) is 1. The van der Waals surface area contributed by atoms with Crippen LogP contribution in [-0.2, 0) is 0 Å². The van der Waals surface area contributed by atoms with Crippen molar-refractivity contribution in [2.75, 3.05) is 0 Å². The molecule has 0 radical (unpaired) electrons. The second-order valence-corrected chi connectivity index (χ2v) is 4.74. The van der Waals surface area contributed by atoms with E-state index >= 15 is 0 Å². The number of fused-ring (bicyclic) bond motifs is 1. The minimum absolute atomic E-state index is 0.0241. The van der Waals surface area contributed by atoms with Gasteiger partial charge in [0.1, 0.15) is 5.75 Å². The minimum Gasteiger partial charge on any atom is -0.453 e. The molecule has 4 heteroatoms. The molecule has 0 heterocycles. The zero-order chi connectivity index (χ0) is 14.1. The lowest BCUT2D eigenvalue weighted by atomic mass is 9.94. The Kier molecular flexibility index (Phi) is 3.12. The SMILES string of the molecule is O=C1C=C(Oc2ccc(Cl)cc2)C(=O)c2ccccc21.